The minimum atomic E-state index is -0.372. The Hall–Kier alpha value is -1.91. The molecule has 1 aromatic rings. The van der Waals surface area contributed by atoms with Gasteiger partial charge >= 0.3 is 6.03 Å². The van der Waals surface area contributed by atoms with Crippen molar-refractivity contribution >= 4 is 12.3 Å². The van der Waals surface area contributed by atoms with Crippen molar-refractivity contribution < 1.29 is 9.59 Å². The molecule has 5 heteroatoms. The van der Waals surface area contributed by atoms with Gasteiger partial charge in [-0.25, -0.2) is 4.79 Å². The highest BCUT2D eigenvalue weighted by molar-refractivity contribution is 5.76. The topological polar surface area (TPSA) is 71.1 Å². The fourth-order valence-electron chi connectivity index (χ4n) is 0.870. The molecule has 2 N–H and O–H groups in total. The number of nitrogens with zero attached hydrogens (tertiary/aromatic N) is 1. The number of hydrogen-bond donors (Lipinski definition) is 2. The SMILES string of the molecule is O=CCNC(=O)NCc1ccccn1. The van der Waals surface area contributed by atoms with Gasteiger partial charge in [-0.1, -0.05) is 6.07 Å². The van der Waals surface area contributed by atoms with Crippen LogP contribution in [0.3, 0.4) is 0 Å². The third kappa shape index (κ3) is 3.66. The maximum atomic E-state index is 11.0. The molecule has 0 spiro atoms. The summed E-state index contributed by atoms with van der Waals surface area (Å²) >= 11 is 0. The zero-order chi connectivity index (χ0) is 10.2. The molecule has 0 saturated carbocycles. The van der Waals surface area contributed by atoms with E-state index in [1.807, 2.05) is 6.07 Å². The zero-order valence-electron chi connectivity index (χ0n) is 7.56. The van der Waals surface area contributed by atoms with E-state index in [4.69, 9.17) is 0 Å². The number of carbonyl (C=O) groups excluding carboxylic acids is 2. The van der Waals surface area contributed by atoms with Gasteiger partial charge in [-0.15, -0.1) is 0 Å². The third-order valence-corrected chi connectivity index (χ3v) is 1.50. The summed E-state index contributed by atoms with van der Waals surface area (Å²) in [4.78, 5) is 24.9. The van der Waals surface area contributed by atoms with Crippen molar-refractivity contribution in [3.05, 3.63) is 30.1 Å². The van der Waals surface area contributed by atoms with Gasteiger partial charge in [0.15, 0.2) is 0 Å². The Morgan fingerprint density at radius 2 is 2.29 bits per heavy atom. The Morgan fingerprint density at radius 3 is 2.93 bits per heavy atom. The molecule has 14 heavy (non-hydrogen) atoms. The minimum absolute atomic E-state index is 0.0219. The largest absolute Gasteiger partial charge is 0.333 e. The lowest BCUT2D eigenvalue weighted by Crippen LogP contribution is -2.36. The van der Waals surface area contributed by atoms with E-state index in [0.29, 0.717) is 12.8 Å². The van der Waals surface area contributed by atoms with Crippen LogP contribution >= 0.6 is 0 Å². The van der Waals surface area contributed by atoms with Crippen molar-refractivity contribution in [2.75, 3.05) is 6.54 Å². The van der Waals surface area contributed by atoms with Gasteiger partial charge in [-0.05, 0) is 12.1 Å². The normalized spacial score (nSPS) is 9.14. The summed E-state index contributed by atoms with van der Waals surface area (Å²) in [6.45, 7) is 0.375. The van der Waals surface area contributed by atoms with Gasteiger partial charge in [-0.2, -0.15) is 0 Å². The van der Waals surface area contributed by atoms with Gasteiger partial charge in [0.2, 0.25) is 0 Å². The summed E-state index contributed by atoms with van der Waals surface area (Å²) in [6, 6.07) is 5.08. The first kappa shape index (κ1) is 10.2. The van der Waals surface area contributed by atoms with Crippen LogP contribution in [-0.2, 0) is 11.3 Å². The molecule has 0 aromatic carbocycles. The maximum Gasteiger partial charge on any atom is 0.315 e. The van der Waals surface area contributed by atoms with Crippen LogP contribution in [-0.4, -0.2) is 23.8 Å². The number of carbonyl (C=O) groups is 2. The molecular weight excluding hydrogens is 182 g/mol. The van der Waals surface area contributed by atoms with Crippen molar-refractivity contribution in [2.45, 2.75) is 6.54 Å². The average molecular weight is 193 g/mol. The predicted octanol–water partition coefficient (Wildman–Crippen LogP) is 0.0797. The number of nitrogens with one attached hydrogen (secondary N) is 2. The lowest BCUT2D eigenvalue weighted by atomic mass is 10.3. The van der Waals surface area contributed by atoms with Crippen LogP contribution in [0, 0.1) is 0 Å². The first-order chi connectivity index (χ1) is 6.83. The van der Waals surface area contributed by atoms with Gasteiger partial charge in [0.1, 0.15) is 6.29 Å². The smallest absolute Gasteiger partial charge is 0.315 e. The number of urea groups is 1. The van der Waals surface area contributed by atoms with E-state index >= 15 is 0 Å². The summed E-state index contributed by atoms with van der Waals surface area (Å²) in [6.07, 6.45) is 2.28. The molecule has 0 fully saturated rings. The summed E-state index contributed by atoms with van der Waals surface area (Å²) in [7, 11) is 0. The molecule has 1 heterocycles. The molecule has 0 saturated heterocycles. The summed E-state index contributed by atoms with van der Waals surface area (Å²) in [5, 5.41) is 4.92. The van der Waals surface area contributed by atoms with Gasteiger partial charge in [0, 0.05) is 6.20 Å². The minimum Gasteiger partial charge on any atom is -0.333 e. The van der Waals surface area contributed by atoms with Crippen LogP contribution in [0.2, 0.25) is 0 Å². The van der Waals surface area contributed by atoms with Crippen molar-refractivity contribution in [3.8, 4) is 0 Å². The van der Waals surface area contributed by atoms with Crippen LogP contribution in [0.5, 0.6) is 0 Å². The van der Waals surface area contributed by atoms with E-state index in [2.05, 4.69) is 15.6 Å². The second-order valence-corrected chi connectivity index (χ2v) is 2.55. The van der Waals surface area contributed by atoms with E-state index in [1.54, 1.807) is 18.3 Å². The lowest BCUT2D eigenvalue weighted by Gasteiger charge is -2.03. The van der Waals surface area contributed by atoms with E-state index in [1.165, 1.54) is 0 Å². The summed E-state index contributed by atoms with van der Waals surface area (Å²) in [5.41, 5.74) is 0.772. The highest BCUT2D eigenvalue weighted by atomic mass is 16.2. The molecule has 0 bridgehead atoms. The molecule has 1 aromatic heterocycles. The van der Waals surface area contributed by atoms with Gasteiger partial charge in [-0.3, -0.25) is 4.98 Å². The molecule has 1 rings (SSSR count). The number of pyridine rings is 1. The van der Waals surface area contributed by atoms with Crippen LogP contribution in [0.25, 0.3) is 0 Å². The second kappa shape index (κ2) is 5.69. The van der Waals surface area contributed by atoms with E-state index in [9.17, 15) is 9.59 Å². The van der Waals surface area contributed by atoms with Crippen molar-refractivity contribution in [1.82, 2.24) is 15.6 Å². The number of amides is 2. The highest BCUT2D eigenvalue weighted by Crippen LogP contribution is 1.91. The molecule has 0 radical (unpaired) electrons. The van der Waals surface area contributed by atoms with Crippen molar-refractivity contribution in [1.29, 1.82) is 0 Å². The van der Waals surface area contributed by atoms with Gasteiger partial charge in [0.05, 0.1) is 18.8 Å². The second-order valence-electron chi connectivity index (χ2n) is 2.55. The molecule has 2 amide bonds. The summed E-state index contributed by atoms with van der Waals surface area (Å²) < 4.78 is 0. The third-order valence-electron chi connectivity index (χ3n) is 1.50. The fraction of sp³-hybridized carbons (Fsp3) is 0.222. The molecule has 74 valence electrons. The van der Waals surface area contributed by atoms with Crippen LogP contribution in [0.1, 0.15) is 5.69 Å². The van der Waals surface area contributed by atoms with Crippen molar-refractivity contribution in [3.63, 3.8) is 0 Å². The molecule has 0 aliphatic carbocycles. The predicted molar refractivity (Wildman–Crippen MR) is 50.5 cm³/mol. The van der Waals surface area contributed by atoms with Crippen LogP contribution < -0.4 is 10.6 Å². The van der Waals surface area contributed by atoms with Gasteiger partial charge < -0.3 is 15.4 Å². The Kier molecular flexibility index (Phi) is 4.13. The average Bonchev–Trinajstić information content (AvgIpc) is 2.25. The Bertz CT molecular complexity index is 300. The fourth-order valence-corrected chi connectivity index (χ4v) is 0.870. The highest BCUT2D eigenvalue weighted by Gasteiger charge is 1.98. The van der Waals surface area contributed by atoms with Crippen LogP contribution in [0.4, 0.5) is 4.79 Å². The first-order valence-electron chi connectivity index (χ1n) is 4.18. The number of aldehydes is 1. The summed E-state index contributed by atoms with van der Waals surface area (Å²) in [5.74, 6) is 0. The standard InChI is InChI=1S/C9H11N3O2/c13-6-5-11-9(14)12-7-8-3-1-2-4-10-8/h1-4,6H,5,7H2,(H2,11,12,14). The van der Waals surface area contributed by atoms with E-state index in [0.717, 1.165) is 5.69 Å². The number of rotatable bonds is 4. The first-order valence-corrected chi connectivity index (χ1v) is 4.18. The monoisotopic (exact) mass is 193 g/mol. The molecule has 0 atom stereocenters. The number of hydrogen-bond acceptors (Lipinski definition) is 3. The van der Waals surface area contributed by atoms with E-state index in [-0.39, 0.29) is 12.6 Å². The van der Waals surface area contributed by atoms with Crippen LogP contribution in [0.15, 0.2) is 24.4 Å². The maximum absolute atomic E-state index is 11.0. The molecule has 0 aliphatic heterocycles. The van der Waals surface area contributed by atoms with E-state index < -0.39 is 0 Å². The Morgan fingerprint density at radius 1 is 1.43 bits per heavy atom. The molecule has 5 nitrogen and oxygen atoms in total. The quantitative estimate of drug-likeness (QED) is 0.665. The zero-order valence-corrected chi connectivity index (χ0v) is 7.56. The Balaban J connectivity index is 2.27. The van der Waals surface area contributed by atoms with Crippen molar-refractivity contribution in [2.24, 2.45) is 0 Å². The molecule has 0 unspecified atom stereocenters. The lowest BCUT2D eigenvalue weighted by molar-refractivity contribution is -0.107. The molecular formula is C9H11N3O2. The Labute approximate surface area is 81.5 Å². The van der Waals surface area contributed by atoms with Gasteiger partial charge in [0.25, 0.3) is 0 Å². The molecule has 0 aliphatic rings. The number of aromatic nitrogens is 1.